The van der Waals surface area contributed by atoms with Gasteiger partial charge in [-0.3, -0.25) is 5.10 Å². The highest BCUT2D eigenvalue weighted by Gasteiger charge is 2.70. The van der Waals surface area contributed by atoms with Crippen molar-refractivity contribution in [3.63, 3.8) is 0 Å². The molecule has 1 saturated heterocycles. The monoisotopic (exact) mass is 292 g/mol. The van der Waals surface area contributed by atoms with Gasteiger partial charge in [0.1, 0.15) is 4.08 Å². The van der Waals surface area contributed by atoms with Crippen molar-refractivity contribution in [3.8, 4) is 0 Å². The van der Waals surface area contributed by atoms with Crippen LogP contribution in [-0.4, -0.2) is 21.7 Å². The molecule has 0 bridgehead atoms. The number of thioether (sulfide) groups is 2. The van der Waals surface area contributed by atoms with Gasteiger partial charge >= 0.3 is 6.18 Å². The van der Waals surface area contributed by atoms with Gasteiger partial charge in [0.05, 0.1) is 5.69 Å². The van der Waals surface area contributed by atoms with Crippen molar-refractivity contribution in [2.75, 3.05) is 11.5 Å². The molecule has 1 N–H and O–H groups in total. The number of hydrogen-bond donors (Lipinski definition) is 1. The Kier molecular flexibility index (Phi) is 2.07. The lowest BCUT2D eigenvalue weighted by atomic mass is 10.1. The number of fused-ring (bicyclic) bond motifs is 5. The smallest absolute Gasteiger partial charge is 0.279 e. The van der Waals surface area contributed by atoms with E-state index in [1.807, 2.05) is 0 Å². The summed E-state index contributed by atoms with van der Waals surface area (Å²) in [5, 5.41) is 6.26. The van der Waals surface area contributed by atoms with E-state index in [1.54, 1.807) is 23.5 Å². The van der Waals surface area contributed by atoms with Gasteiger partial charge in [0, 0.05) is 17.1 Å². The molecule has 98 valence electrons. The van der Waals surface area contributed by atoms with Crippen molar-refractivity contribution in [1.29, 1.82) is 0 Å². The van der Waals surface area contributed by atoms with Crippen LogP contribution in [0.25, 0.3) is 0 Å². The van der Waals surface area contributed by atoms with Crippen LogP contribution in [-0.2, 0) is 10.3 Å². The van der Waals surface area contributed by atoms with Crippen LogP contribution in [0.5, 0.6) is 0 Å². The number of nitrogens with zero attached hydrogens (tertiary/aromatic N) is 1. The van der Waals surface area contributed by atoms with Crippen molar-refractivity contribution in [2.24, 2.45) is 11.8 Å². The molecule has 1 unspecified atom stereocenters. The summed E-state index contributed by atoms with van der Waals surface area (Å²) in [6.45, 7) is 2.06. The van der Waals surface area contributed by atoms with Crippen molar-refractivity contribution >= 4 is 23.5 Å². The Bertz CT molecular complexity index is 519. The number of H-pyrrole nitrogens is 1. The van der Waals surface area contributed by atoms with Gasteiger partial charge < -0.3 is 0 Å². The summed E-state index contributed by atoms with van der Waals surface area (Å²) < 4.78 is 38.8. The van der Waals surface area contributed by atoms with Gasteiger partial charge in [-0.05, 0) is 17.8 Å². The summed E-state index contributed by atoms with van der Waals surface area (Å²) in [5.74, 6) is 2.81. The number of halogens is 3. The van der Waals surface area contributed by atoms with Gasteiger partial charge in [0.2, 0.25) is 0 Å². The normalized spacial score (nSPS) is 35.9. The fraction of sp³-hybridized carbons (Fsp3) is 0.727. The molecule has 0 aromatic carbocycles. The molecular weight excluding hydrogens is 281 g/mol. The summed E-state index contributed by atoms with van der Waals surface area (Å²) in [6, 6.07) is 0. The highest BCUT2D eigenvalue weighted by Crippen LogP contribution is 2.78. The van der Waals surface area contributed by atoms with Gasteiger partial charge in [-0.1, -0.05) is 6.92 Å². The van der Waals surface area contributed by atoms with E-state index >= 15 is 0 Å². The molecule has 1 aromatic heterocycles. The molecule has 3 atom stereocenters. The van der Waals surface area contributed by atoms with E-state index in [0.717, 1.165) is 17.2 Å². The lowest BCUT2D eigenvalue weighted by molar-refractivity contribution is -0.141. The van der Waals surface area contributed by atoms with Crippen molar-refractivity contribution in [3.05, 3.63) is 17.0 Å². The van der Waals surface area contributed by atoms with Crippen molar-refractivity contribution in [1.82, 2.24) is 10.2 Å². The molecule has 3 aliphatic rings. The quantitative estimate of drug-likeness (QED) is 0.794. The molecule has 2 aliphatic carbocycles. The number of hydrogen-bond acceptors (Lipinski definition) is 3. The molecule has 18 heavy (non-hydrogen) atoms. The minimum atomic E-state index is -4.34. The van der Waals surface area contributed by atoms with Gasteiger partial charge in [-0.25, -0.2) is 0 Å². The first-order chi connectivity index (χ1) is 8.47. The Balaban J connectivity index is 1.90. The lowest BCUT2D eigenvalue weighted by Gasteiger charge is -2.24. The predicted octanol–water partition coefficient (Wildman–Crippen LogP) is 3.42. The van der Waals surface area contributed by atoms with Crippen LogP contribution in [0.15, 0.2) is 0 Å². The van der Waals surface area contributed by atoms with Crippen molar-refractivity contribution < 1.29 is 13.2 Å². The summed E-state index contributed by atoms with van der Waals surface area (Å²) in [7, 11) is 0. The molecule has 1 aliphatic heterocycles. The van der Waals surface area contributed by atoms with E-state index in [9.17, 15) is 13.2 Å². The molecule has 7 heteroatoms. The zero-order valence-electron chi connectivity index (χ0n) is 9.54. The second-order valence-electron chi connectivity index (χ2n) is 5.13. The van der Waals surface area contributed by atoms with E-state index in [2.05, 4.69) is 17.1 Å². The van der Waals surface area contributed by atoms with Crippen LogP contribution in [0.1, 0.15) is 29.8 Å². The number of aromatic nitrogens is 2. The van der Waals surface area contributed by atoms with Crippen LogP contribution in [0.3, 0.4) is 0 Å². The number of aromatic amines is 1. The maximum atomic E-state index is 13.0. The molecule has 1 saturated carbocycles. The first kappa shape index (κ1) is 11.5. The lowest BCUT2D eigenvalue weighted by Crippen LogP contribution is -2.17. The summed E-state index contributed by atoms with van der Waals surface area (Å²) in [5.41, 5.74) is 0.527. The maximum absolute atomic E-state index is 13.0. The van der Waals surface area contributed by atoms with Gasteiger partial charge in [0.15, 0.2) is 5.69 Å². The van der Waals surface area contributed by atoms with E-state index in [1.165, 1.54) is 0 Å². The van der Waals surface area contributed by atoms with Gasteiger partial charge in [-0.15, -0.1) is 23.5 Å². The van der Waals surface area contributed by atoms with Gasteiger partial charge in [0.25, 0.3) is 0 Å². The first-order valence-electron chi connectivity index (χ1n) is 5.90. The Hall–Kier alpha value is -0.300. The van der Waals surface area contributed by atoms with Crippen LogP contribution >= 0.6 is 23.5 Å². The van der Waals surface area contributed by atoms with Gasteiger partial charge in [-0.2, -0.15) is 18.3 Å². The topological polar surface area (TPSA) is 28.7 Å². The molecule has 0 amide bonds. The molecule has 0 radical (unpaired) electrons. The molecule has 1 spiro atoms. The van der Waals surface area contributed by atoms with Crippen LogP contribution in [0.4, 0.5) is 13.2 Å². The molecule has 2 nitrogen and oxygen atoms in total. The second-order valence-corrected chi connectivity index (χ2v) is 8.07. The summed E-state index contributed by atoms with van der Waals surface area (Å²) >= 11 is 3.59. The van der Waals surface area contributed by atoms with E-state index in [4.69, 9.17) is 0 Å². The SMILES string of the molecule is C[C@@H]1C2c3c(C(F)(F)F)n[nH]c3C3(SCCS3)[C@@H]21. The average molecular weight is 292 g/mol. The molecule has 1 aromatic rings. The molecular formula is C11H11F3N2S2. The number of rotatable bonds is 0. The average Bonchev–Trinajstić information content (AvgIpc) is 2.79. The van der Waals surface area contributed by atoms with Crippen molar-refractivity contribution in [2.45, 2.75) is 23.1 Å². The predicted molar refractivity (Wildman–Crippen MR) is 65.6 cm³/mol. The molecule has 2 fully saturated rings. The maximum Gasteiger partial charge on any atom is 0.435 e. The fourth-order valence-electron chi connectivity index (χ4n) is 3.58. The van der Waals surface area contributed by atoms with Crippen LogP contribution in [0.2, 0.25) is 0 Å². The zero-order chi connectivity index (χ0) is 12.7. The Labute approximate surface area is 110 Å². The number of alkyl halides is 3. The minimum Gasteiger partial charge on any atom is -0.279 e. The molecule has 4 rings (SSSR count). The second kappa shape index (κ2) is 3.23. The Morgan fingerprint density at radius 3 is 2.61 bits per heavy atom. The third-order valence-corrected chi connectivity index (χ3v) is 7.88. The van der Waals surface area contributed by atoms with E-state index in [0.29, 0.717) is 17.4 Å². The third kappa shape index (κ3) is 1.18. The zero-order valence-corrected chi connectivity index (χ0v) is 11.2. The van der Waals surface area contributed by atoms with E-state index in [-0.39, 0.29) is 10.00 Å². The Morgan fingerprint density at radius 1 is 1.33 bits per heavy atom. The van der Waals surface area contributed by atoms with Crippen LogP contribution < -0.4 is 0 Å². The van der Waals surface area contributed by atoms with Crippen LogP contribution in [0, 0.1) is 11.8 Å². The minimum absolute atomic E-state index is 0.0634. The molecule has 2 heterocycles. The first-order valence-corrected chi connectivity index (χ1v) is 7.88. The Morgan fingerprint density at radius 2 is 2.00 bits per heavy atom. The largest absolute Gasteiger partial charge is 0.435 e. The summed E-state index contributed by atoms with van der Waals surface area (Å²) in [4.78, 5) is 0. The third-order valence-electron chi connectivity index (χ3n) is 4.29. The highest BCUT2D eigenvalue weighted by atomic mass is 32.2. The number of nitrogens with one attached hydrogen (secondary N) is 1. The fourth-order valence-corrected chi connectivity index (χ4v) is 7.39. The van der Waals surface area contributed by atoms with E-state index < -0.39 is 11.9 Å². The highest BCUT2D eigenvalue weighted by molar-refractivity contribution is 8.20. The summed E-state index contributed by atoms with van der Waals surface area (Å²) in [6.07, 6.45) is -4.34. The standard InChI is InChI=1S/C11H11F3N2S2/c1-4-5-6-8(15-16-9(6)11(12,13)14)10(7(4)5)17-2-3-18-10/h4-5,7H,2-3H2,1H3,(H,15,16)/t4-,5?,7-/m1/s1.